The molecule has 2 unspecified atom stereocenters. The maximum atomic E-state index is 11.0. The van der Waals surface area contributed by atoms with Gasteiger partial charge in [0.05, 0.1) is 5.92 Å². The third kappa shape index (κ3) is 5.04. The number of carbonyl (C=O) groups is 1. The molecular formula is C15H29N3O2. The Hall–Kier alpha value is -0.650. The molecular weight excluding hydrogens is 254 g/mol. The number of carboxylic acid groups (broad SMARTS) is 1. The van der Waals surface area contributed by atoms with Crippen LogP contribution in [0.15, 0.2) is 0 Å². The van der Waals surface area contributed by atoms with E-state index in [0.29, 0.717) is 6.04 Å². The first kappa shape index (κ1) is 15.7. The minimum Gasteiger partial charge on any atom is -0.481 e. The van der Waals surface area contributed by atoms with Crippen LogP contribution in [0.5, 0.6) is 0 Å². The average molecular weight is 283 g/mol. The SMILES string of the molecule is CN1CCN(CCCNC2CCCC(C(=O)O)C2)CC1. The maximum absolute atomic E-state index is 11.0. The summed E-state index contributed by atoms with van der Waals surface area (Å²) in [5.41, 5.74) is 0. The van der Waals surface area contributed by atoms with Crippen molar-refractivity contribution in [3.05, 3.63) is 0 Å². The number of hydrogen-bond acceptors (Lipinski definition) is 4. The van der Waals surface area contributed by atoms with Gasteiger partial charge in [-0.1, -0.05) is 6.42 Å². The van der Waals surface area contributed by atoms with Gasteiger partial charge >= 0.3 is 5.97 Å². The van der Waals surface area contributed by atoms with Gasteiger partial charge in [0.2, 0.25) is 0 Å². The fourth-order valence-electron chi connectivity index (χ4n) is 3.28. The van der Waals surface area contributed by atoms with Crippen molar-refractivity contribution in [1.82, 2.24) is 15.1 Å². The Morgan fingerprint density at radius 3 is 2.70 bits per heavy atom. The van der Waals surface area contributed by atoms with E-state index in [1.165, 1.54) is 26.2 Å². The van der Waals surface area contributed by atoms with Gasteiger partial charge in [0, 0.05) is 32.2 Å². The zero-order valence-electron chi connectivity index (χ0n) is 12.7. The topological polar surface area (TPSA) is 55.8 Å². The van der Waals surface area contributed by atoms with Crippen molar-refractivity contribution < 1.29 is 9.90 Å². The maximum Gasteiger partial charge on any atom is 0.306 e. The summed E-state index contributed by atoms with van der Waals surface area (Å²) < 4.78 is 0. The molecule has 116 valence electrons. The van der Waals surface area contributed by atoms with Crippen LogP contribution in [0.25, 0.3) is 0 Å². The summed E-state index contributed by atoms with van der Waals surface area (Å²) in [5.74, 6) is -0.743. The lowest BCUT2D eigenvalue weighted by molar-refractivity contribution is -0.143. The van der Waals surface area contributed by atoms with E-state index >= 15 is 0 Å². The van der Waals surface area contributed by atoms with Gasteiger partial charge in [-0.05, 0) is 45.8 Å². The molecule has 2 N–H and O–H groups in total. The Labute approximate surface area is 122 Å². The fraction of sp³-hybridized carbons (Fsp3) is 0.933. The number of aliphatic carboxylic acids is 1. The molecule has 5 heteroatoms. The van der Waals surface area contributed by atoms with E-state index in [4.69, 9.17) is 5.11 Å². The largest absolute Gasteiger partial charge is 0.481 e. The summed E-state index contributed by atoms with van der Waals surface area (Å²) in [7, 11) is 2.18. The summed E-state index contributed by atoms with van der Waals surface area (Å²) in [5, 5.41) is 12.6. The summed E-state index contributed by atoms with van der Waals surface area (Å²) in [4.78, 5) is 15.9. The van der Waals surface area contributed by atoms with Gasteiger partial charge in [-0.25, -0.2) is 0 Å². The molecule has 1 aliphatic heterocycles. The summed E-state index contributed by atoms with van der Waals surface area (Å²) in [6.07, 6.45) is 5.02. The van der Waals surface area contributed by atoms with Gasteiger partial charge < -0.3 is 20.2 Å². The number of piperazine rings is 1. The highest BCUT2D eigenvalue weighted by molar-refractivity contribution is 5.70. The minimum atomic E-state index is -0.617. The zero-order valence-corrected chi connectivity index (χ0v) is 12.7. The second-order valence-electron chi connectivity index (χ2n) is 6.35. The Balaban J connectivity index is 1.55. The molecule has 5 nitrogen and oxygen atoms in total. The second kappa shape index (κ2) is 7.96. The van der Waals surface area contributed by atoms with Crippen molar-refractivity contribution in [3.8, 4) is 0 Å². The molecule has 1 aliphatic carbocycles. The molecule has 1 saturated heterocycles. The highest BCUT2D eigenvalue weighted by Crippen LogP contribution is 2.24. The van der Waals surface area contributed by atoms with E-state index in [1.807, 2.05) is 0 Å². The van der Waals surface area contributed by atoms with Crippen LogP contribution in [0, 0.1) is 5.92 Å². The van der Waals surface area contributed by atoms with Crippen molar-refractivity contribution in [1.29, 1.82) is 0 Å². The number of nitrogens with one attached hydrogen (secondary N) is 1. The molecule has 2 rings (SSSR count). The molecule has 2 aliphatic rings. The molecule has 0 aromatic carbocycles. The predicted molar refractivity (Wildman–Crippen MR) is 79.9 cm³/mol. The van der Waals surface area contributed by atoms with E-state index in [0.717, 1.165) is 45.2 Å². The highest BCUT2D eigenvalue weighted by atomic mass is 16.4. The van der Waals surface area contributed by atoms with E-state index in [2.05, 4.69) is 22.2 Å². The van der Waals surface area contributed by atoms with Gasteiger partial charge in [0.25, 0.3) is 0 Å². The van der Waals surface area contributed by atoms with E-state index in [1.54, 1.807) is 0 Å². The molecule has 0 radical (unpaired) electrons. The number of nitrogens with zero attached hydrogens (tertiary/aromatic N) is 2. The van der Waals surface area contributed by atoms with Crippen LogP contribution in [-0.4, -0.2) is 73.2 Å². The molecule has 1 saturated carbocycles. The Bertz CT molecular complexity index is 303. The molecule has 0 amide bonds. The number of likely N-dealkylation sites (N-methyl/N-ethyl adjacent to an activating group) is 1. The van der Waals surface area contributed by atoms with E-state index in [9.17, 15) is 4.79 Å². The number of carboxylic acids is 1. The summed E-state index contributed by atoms with van der Waals surface area (Å²) in [6.45, 7) is 6.90. The van der Waals surface area contributed by atoms with Crippen LogP contribution in [0.1, 0.15) is 32.1 Å². The Kier molecular flexibility index (Phi) is 6.26. The Morgan fingerprint density at radius 2 is 2.00 bits per heavy atom. The third-order valence-corrected chi connectivity index (χ3v) is 4.70. The lowest BCUT2D eigenvalue weighted by Crippen LogP contribution is -2.45. The van der Waals surface area contributed by atoms with Gasteiger partial charge in [-0.2, -0.15) is 0 Å². The Morgan fingerprint density at radius 1 is 1.25 bits per heavy atom. The van der Waals surface area contributed by atoms with Crippen LogP contribution in [0.2, 0.25) is 0 Å². The van der Waals surface area contributed by atoms with Gasteiger partial charge in [0.15, 0.2) is 0 Å². The third-order valence-electron chi connectivity index (χ3n) is 4.70. The summed E-state index contributed by atoms with van der Waals surface area (Å²) >= 11 is 0. The van der Waals surface area contributed by atoms with Crippen LogP contribution in [0.3, 0.4) is 0 Å². The minimum absolute atomic E-state index is 0.126. The first-order valence-corrected chi connectivity index (χ1v) is 8.02. The molecule has 2 atom stereocenters. The highest BCUT2D eigenvalue weighted by Gasteiger charge is 2.26. The lowest BCUT2D eigenvalue weighted by Gasteiger charge is -2.32. The molecule has 1 heterocycles. The van der Waals surface area contributed by atoms with Crippen molar-refractivity contribution in [3.63, 3.8) is 0 Å². The smallest absolute Gasteiger partial charge is 0.306 e. The summed E-state index contributed by atoms with van der Waals surface area (Å²) in [6, 6.07) is 0.414. The second-order valence-corrected chi connectivity index (χ2v) is 6.35. The lowest BCUT2D eigenvalue weighted by atomic mass is 9.86. The monoisotopic (exact) mass is 283 g/mol. The van der Waals surface area contributed by atoms with Gasteiger partial charge in [-0.3, -0.25) is 4.79 Å². The van der Waals surface area contributed by atoms with Crippen LogP contribution < -0.4 is 5.32 Å². The normalized spacial score (nSPS) is 29.4. The number of hydrogen-bond donors (Lipinski definition) is 2. The number of rotatable bonds is 6. The van der Waals surface area contributed by atoms with Gasteiger partial charge in [0.1, 0.15) is 0 Å². The quantitative estimate of drug-likeness (QED) is 0.708. The standard InChI is InChI=1S/C15H29N3O2/c1-17-8-10-18(11-9-17)7-3-6-16-14-5-2-4-13(12-14)15(19)20/h13-14,16H,2-12H2,1H3,(H,19,20). The first-order valence-electron chi connectivity index (χ1n) is 8.02. The van der Waals surface area contributed by atoms with E-state index < -0.39 is 5.97 Å². The molecule has 0 spiro atoms. The van der Waals surface area contributed by atoms with Crippen molar-refractivity contribution >= 4 is 5.97 Å². The van der Waals surface area contributed by atoms with Crippen molar-refractivity contribution in [2.45, 2.75) is 38.1 Å². The molecule has 0 bridgehead atoms. The fourth-order valence-corrected chi connectivity index (χ4v) is 3.28. The van der Waals surface area contributed by atoms with Crippen LogP contribution in [-0.2, 0) is 4.79 Å². The molecule has 20 heavy (non-hydrogen) atoms. The van der Waals surface area contributed by atoms with E-state index in [-0.39, 0.29) is 5.92 Å². The molecule has 0 aromatic heterocycles. The van der Waals surface area contributed by atoms with Crippen LogP contribution >= 0.6 is 0 Å². The molecule has 0 aromatic rings. The predicted octanol–water partition coefficient (Wildman–Crippen LogP) is 0.857. The van der Waals surface area contributed by atoms with Crippen molar-refractivity contribution in [2.75, 3.05) is 46.3 Å². The van der Waals surface area contributed by atoms with Crippen LogP contribution in [0.4, 0.5) is 0 Å². The first-order chi connectivity index (χ1) is 9.65. The van der Waals surface area contributed by atoms with Crippen molar-refractivity contribution in [2.24, 2.45) is 5.92 Å². The average Bonchev–Trinajstić information content (AvgIpc) is 2.46. The molecule has 2 fully saturated rings. The van der Waals surface area contributed by atoms with Gasteiger partial charge in [-0.15, -0.1) is 0 Å². The zero-order chi connectivity index (χ0) is 14.4.